The molecule has 1 aliphatic heterocycles. The summed E-state index contributed by atoms with van der Waals surface area (Å²) in [6, 6.07) is 13.6. The fourth-order valence-electron chi connectivity index (χ4n) is 3.89. The topological polar surface area (TPSA) is 94.7 Å². The summed E-state index contributed by atoms with van der Waals surface area (Å²) < 4.78 is 3.21. The van der Waals surface area contributed by atoms with E-state index >= 15 is 0 Å². The summed E-state index contributed by atoms with van der Waals surface area (Å²) in [5.41, 5.74) is 2.24. The molecule has 1 amide bonds. The lowest BCUT2D eigenvalue weighted by molar-refractivity contribution is 0.0928. The first-order valence-corrected chi connectivity index (χ1v) is 11.4. The maximum atomic E-state index is 12.8. The number of nitrogens with zero attached hydrogens (tertiary/aromatic N) is 5. The summed E-state index contributed by atoms with van der Waals surface area (Å²) >= 11 is 1.46. The second-order valence-corrected chi connectivity index (χ2v) is 8.63. The van der Waals surface area contributed by atoms with Gasteiger partial charge in [0.05, 0.1) is 6.54 Å². The number of pyridine rings is 1. The van der Waals surface area contributed by atoms with Crippen LogP contribution in [0.3, 0.4) is 0 Å². The Morgan fingerprint density at radius 1 is 1.16 bits per heavy atom. The van der Waals surface area contributed by atoms with Crippen molar-refractivity contribution >= 4 is 17.2 Å². The van der Waals surface area contributed by atoms with Crippen molar-refractivity contribution in [1.29, 1.82) is 0 Å². The average molecular weight is 447 g/mol. The van der Waals surface area contributed by atoms with Crippen molar-refractivity contribution in [2.75, 3.05) is 0 Å². The number of hydrogen-bond acceptors (Lipinski definition) is 6. The molecule has 3 aromatic heterocycles. The van der Waals surface area contributed by atoms with E-state index in [1.165, 1.54) is 16.0 Å². The number of fused-ring (bicyclic) bond motifs is 1. The summed E-state index contributed by atoms with van der Waals surface area (Å²) in [5, 5.41) is 10.2. The number of carbonyl (C=O) groups excluding carboxylic acids is 1. The zero-order valence-electron chi connectivity index (χ0n) is 17.3. The van der Waals surface area contributed by atoms with E-state index in [1.54, 1.807) is 22.3 Å². The first-order chi connectivity index (χ1) is 15.7. The lowest BCUT2D eigenvalue weighted by Gasteiger charge is -2.15. The van der Waals surface area contributed by atoms with Crippen molar-refractivity contribution in [3.05, 3.63) is 87.8 Å². The Labute approximate surface area is 188 Å². The molecule has 0 aliphatic carbocycles. The van der Waals surface area contributed by atoms with Crippen LogP contribution in [0.5, 0.6) is 0 Å². The van der Waals surface area contributed by atoms with Gasteiger partial charge in [-0.2, -0.15) is 5.10 Å². The van der Waals surface area contributed by atoms with E-state index < -0.39 is 0 Å². The molecule has 0 saturated carbocycles. The third-order valence-corrected chi connectivity index (χ3v) is 6.46. The van der Waals surface area contributed by atoms with E-state index in [0.717, 1.165) is 28.4 Å². The van der Waals surface area contributed by atoms with E-state index in [9.17, 15) is 9.59 Å². The molecule has 0 bridgehead atoms. The maximum Gasteiger partial charge on any atom is 0.346 e. The van der Waals surface area contributed by atoms with Crippen molar-refractivity contribution in [2.24, 2.45) is 0 Å². The van der Waals surface area contributed by atoms with Crippen LogP contribution >= 0.6 is 11.3 Å². The van der Waals surface area contributed by atoms with Crippen LogP contribution in [0.2, 0.25) is 0 Å². The largest absolute Gasteiger partial charge is 0.348 e. The summed E-state index contributed by atoms with van der Waals surface area (Å²) in [5.74, 6) is 0.581. The number of hydrogen-bond donors (Lipinski definition) is 1. The monoisotopic (exact) mass is 446 g/mol. The molecule has 5 rings (SSSR count). The molecule has 1 atom stereocenters. The Kier molecular flexibility index (Phi) is 5.64. The minimum absolute atomic E-state index is 0.0303. The molecular formula is C23H22N6O2S. The van der Waals surface area contributed by atoms with Crippen molar-refractivity contribution in [3.8, 4) is 10.6 Å². The molecule has 1 unspecified atom stereocenters. The van der Waals surface area contributed by atoms with Crippen molar-refractivity contribution in [1.82, 2.24) is 29.6 Å². The molecule has 4 heterocycles. The summed E-state index contributed by atoms with van der Waals surface area (Å²) in [4.78, 5) is 34.1. The molecule has 1 aromatic carbocycles. The van der Waals surface area contributed by atoms with Gasteiger partial charge in [-0.3, -0.25) is 14.3 Å². The van der Waals surface area contributed by atoms with Crippen LogP contribution < -0.4 is 11.0 Å². The van der Waals surface area contributed by atoms with Crippen molar-refractivity contribution in [3.63, 3.8) is 0 Å². The third-order valence-electron chi connectivity index (χ3n) is 5.56. The van der Waals surface area contributed by atoms with Gasteiger partial charge in [-0.25, -0.2) is 14.5 Å². The number of rotatable bonds is 5. The van der Waals surface area contributed by atoms with Gasteiger partial charge in [-0.15, -0.1) is 11.3 Å². The van der Waals surface area contributed by atoms with E-state index in [4.69, 9.17) is 0 Å². The van der Waals surface area contributed by atoms with E-state index in [2.05, 4.69) is 20.4 Å². The van der Waals surface area contributed by atoms with Gasteiger partial charge in [0, 0.05) is 42.3 Å². The molecule has 4 aromatic rings. The number of benzene rings is 1. The lowest BCUT2D eigenvalue weighted by Crippen LogP contribution is -2.36. The highest BCUT2D eigenvalue weighted by Crippen LogP contribution is 2.23. The average Bonchev–Trinajstić information content (AvgIpc) is 3.37. The van der Waals surface area contributed by atoms with Crippen LogP contribution in [0.4, 0.5) is 0 Å². The maximum absolute atomic E-state index is 12.8. The second-order valence-electron chi connectivity index (χ2n) is 7.77. The third kappa shape index (κ3) is 4.24. The Bertz CT molecular complexity index is 1280. The van der Waals surface area contributed by atoms with Gasteiger partial charge in [-0.05, 0) is 24.5 Å². The smallest absolute Gasteiger partial charge is 0.346 e. The fraction of sp³-hybridized carbons (Fsp3) is 0.261. The minimum atomic E-state index is -0.179. The SMILES string of the molecule is O=C(NC1CCc2nn(Cc3cccnc3)c(=O)n2CC1)c1csc(-c2ccccc2)n1. The number of aromatic nitrogens is 5. The van der Waals surface area contributed by atoms with Gasteiger partial charge < -0.3 is 5.32 Å². The van der Waals surface area contributed by atoms with E-state index in [0.29, 0.717) is 31.6 Å². The van der Waals surface area contributed by atoms with Crippen molar-refractivity contribution < 1.29 is 4.79 Å². The minimum Gasteiger partial charge on any atom is -0.348 e. The molecule has 162 valence electrons. The van der Waals surface area contributed by atoms with Crippen LogP contribution in [0.15, 0.2) is 65.0 Å². The highest BCUT2D eigenvalue weighted by Gasteiger charge is 2.23. The molecule has 0 radical (unpaired) electrons. The second kappa shape index (κ2) is 8.88. The van der Waals surface area contributed by atoms with Crippen LogP contribution in [0, 0.1) is 0 Å². The van der Waals surface area contributed by atoms with Gasteiger partial charge in [0.15, 0.2) is 0 Å². The zero-order valence-corrected chi connectivity index (χ0v) is 18.2. The Balaban J connectivity index is 1.23. The highest BCUT2D eigenvalue weighted by molar-refractivity contribution is 7.13. The predicted octanol–water partition coefficient (Wildman–Crippen LogP) is 2.75. The number of amides is 1. The predicted molar refractivity (Wildman–Crippen MR) is 122 cm³/mol. The Morgan fingerprint density at radius 2 is 2.03 bits per heavy atom. The van der Waals surface area contributed by atoms with Gasteiger partial charge >= 0.3 is 5.69 Å². The Morgan fingerprint density at radius 3 is 2.84 bits per heavy atom. The summed E-state index contributed by atoms with van der Waals surface area (Å²) in [7, 11) is 0. The number of thiazole rings is 1. The van der Waals surface area contributed by atoms with Crippen molar-refractivity contribution in [2.45, 2.75) is 38.4 Å². The molecule has 8 nitrogen and oxygen atoms in total. The molecule has 0 spiro atoms. The van der Waals surface area contributed by atoms with Gasteiger partial charge in [0.2, 0.25) is 0 Å². The molecule has 32 heavy (non-hydrogen) atoms. The first-order valence-electron chi connectivity index (χ1n) is 10.5. The van der Waals surface area contributed by atoms with Crippen LogP contribution in [0.1, 0.15) is 34.7 Å². The summed E-state index contributed by atoms with van der Waals surface area (Å²) in [6.07, 6.45) is 5.48. The molecular weight excluding hydrogens is 424 g/mol. The first kappa shape index (κ1) is 20.3. The lowest BCUT2D eigenvalue weighted by atomic mass is 10.1. The van der Waals surface area contributed by atoms with Gasteiger partial charge in [-0.1, -0.05) is 36.4 Å². The standard InChI is InChI=1S/C23H22N6O2S/c30-21(19-15-32-22(26-19)17-6-2-1-3-7-17)25-18-8-9-20-27-29(23(31)28(20)12-10-18)14-16-5-4-11-24-13-16/h1-7,11,13,15,18H,8-10,12,14H2,(H,25,30). The zero-order chi connectivity index (χ0) is 21.9. The summed E-state index contributed by atoms with van der Waals surface area (Å²) in [6.45, 7) is 0.929. The normalized spacial score (nSPS) is 15.7. The van der Waals surface area contributed by atoms with Gasteiger partial charge in [0.1, 0.15) is 16.5 Å². The number of nitrogens with one attached hydrogen (secondary N) is 1. The number of carbonyl (C=O) groups is 1. The number of aryl methyl sites for hydroxylation is 1. The van der Waals surface area contributed by atoms with Crippen LogP contribution in [0.25, 0.3) is 10.6 Å². The Hall–Kier alpha value is -3.59. The van der Waals surface area contributed by atoms with E-state index in [1.807, 2.05) is 42.5 Å². The quantitative estimate of drug-likeness (QED) is 0.509. The highest BCUT2D eigenvalue weighted by atomic mass is 32.1. The molecule has 0 saturated heterocycles. The molecule has 9 heteroatoms. The van der Waals surface area contributed by atoms with Gasteiger partial charge in [0.25, 0.3) is 5.91 Å². The molecule has 1 aliphatic rings. The fourth-order valence-corrected chi connectivity index (χ4v) is 4.70. The molecule has 0 fully saturated rings. The molecule has 1 N–H and O–H groups in total. The van der Waals surface area contributed by atoms with Crippen LogP contribution in [-0.4, -0.2) is 36.3 Å². The van der Waals surface area contributed by atoms with Crippen LogP contribution in [-0.2, 0) is 19.5 Å². The van der Waals surface area contributed by atoms with E-state index in [-0.39, 0.29) is 17.6 Å².